The molecule has 0 bridgehead atoms. The average molecular weight is 251 g/mol. The van der Waals surface area contributed by atoms with Gasteiger partial charge in [-0.2, -0.15) is 5.26 Å². The molecule has 1 atom stereocenters. The van der Waals surface area contributed by atoms with Gasteiger partial charge in [-0.05, 0) is 26.0 Å². The second-order valence-electron chi connectivity index (χ2n) is 3.85. The van der Waals surface area contributed by atoms with E-state index in [1.807, 2.05) is 37.3 Å². The minimum atomic E-state index is -0.588. The summed E-state index contributed by atoms with van der Waals surface area (Å²) >= 11 is 5.81. The summed E-state index contributed by atoms with van der Waals surface area (Å²) in [5.74, 6) is -0.175. The SMILES string of the molecule is Cc1ccc(N(CCC#N)C(=O)[C@H](C)Cl)cc1. The van der Waals surface area contributed by atoms with Gasteiger partial charge < -0.3 is 4.90 Å². The smallest absolute Gasteiger partial charge is 0.244 e. The molecule has 0 saturated heterocycles. The van der Waals surface area contributed by atoms with E-state index in [2.05, 4.69) is 0 Å². The fourth-order valence-corrected chi connectivity index (χ4v) is 1.59. The summed E-state index contributed by atoms with van der Waals surface area (Å²) in [5, 5.41) is 8.02. The Kier molecular flexibility index (Phi) is 4.99. The summed E-state index contributed by atoms with van der Waals surface area (Å²) in [6, 6.07) is 9.63. The number of alkyl halides is 1. The molecule has 0 saturated carbocycles. The van der Waals surface area contributed by atoms with E-state index in [1.165, 1.54) is 0 Å². The number of rotatable bonds is 4. The highest BCUT2D eigenvalue weighted by Gasteiger charge is 2.19. The molecule has 0 fully saturated rings. The lowest BCUT2D eigenvalue weighted by Crippen LogP contribution is -2.36. The van der Waals surface area contributed by atoms with E-state index < -0.39 is 5.38 Å². The quantitative estimate of drug-likeness (QED) is 0.772. The zero-order chi connectivity index (χ0) is 12.8. The van der Waals surface area contributed by atoms with Crippen molar-refractivity contribution in [3.8, 4) is 6.07 Å². The molecule has 0 aliphatic carbocycles. The fraction of sp³-hybridized carbons (Fsp3) is 0.385. The topological polar surface area (TPSA) is 44.1 Å². The lowest BCUT2D eigenvalue weighted by molar-refractivity contribution is -0.118. The van der Waals surface area contributed by atoms with Crippen LogP contribution >= 0.6 is 11.6 Å². The van der Waals surface area contributed by atoms with Gasteiger partial charge in [0.05, 0.1) is 12.5 Å². The van der Waals surface area contributed by atoms with Crippen LogP contribution in [0.15, 0.2) is 24.3 Å². The van der Waals surface area contributed by atoms with Crippen molar-refractivity contribution in [2.45, 2.75) is 25.6 Å². The van der Waals surface area contributed by atoms with E-state index in [0.717, 1.165) is 11.3 Å². The molecule has 4 heteroatoms. The Balaban J connectivity index is 2.94. The van der Waals surface area contributed by atoms with Gasteiger partial charge in [0.2, 0.25) is 5.91 Å². The number of hydrogen-bond acceptors (Lipinski definition) is 2. The number of halogens is 1. The van der Waals surface area contributed by atoms with Gasteiger partial charge in [-0.15, -0.1) is 11.6 Å². The molecule has 0 N–H and O–H groups in total. The van der Waals surface area contributed by atoms with Crippen LogP contribution in [-0.4, -0.2) is 17.8 Å². The lowest BCUT2D eigenvalue weighted by atomic mass is 10.2. The molecule has 1 rings (SSSR count). The van der Waals surface area contributed by atoms with Crippen LogP contribution in [0.5, 0.6) is 0 Å². The van der Waals surface area contributed by atoms with Crippen LogP contribution in [0, 0.1) is 18.3 Å². The number of anilines is 1. The largest absolute Gasteiger partial charge is 0.310 e. The van der Waals surface area contributed by atoms with Crippen molar-refractivity contribution in [2.24, 2.45) is 0 Å². The molecule has 0 aliphatic heterocycles. The first-order valence-electron chi connectivity index (χ1n) is 5.45. The number of aryl methyl sites for hydroxylation is 1. The molecule has 1 amide bonds. The van der Waals surface area contributed by atoms with Crippen LogP contribution in [0.2, 0.25) is 0 Å². The van der Waals surface area contributed by atoms with Gasteiger partial charge in [-0.1, -0.05) is 17.7 Å². The normalized spacial score (nSPS) is 11.6. The lowest BCUT2D eigenvalue weighted by Gasteiger charge is -2.23. The standard InChI is InChI=1S/C13H15ClN2O/c1-10-4-6-12(7-5-10)16(9-3-8-15)13(17)11(2)14/h4-7,11H,3,9H2,1-2H3/t11-/m0/s1. The first-order chi connectivity index (χ1) is 8.06. The Morgan fingerprint density at radius 3 is 2.53 bits per heavy atom. The number of hydrogen-bond donors (Lipinski definition) is 0. The van der Waals surface area contributed by atoms with Crippen LogP contribution < -0.4 is 4.90 Å². The maximum absolute atomic E-state index is 11.9. The highest BCUT2D eigenvalue weighted by atomic mass is 35.5. The third-order valence-corrected chi connectivity index (χ3v) is 2.59. The number of carbonyl (C=O) groups excluding carboxylic acids is 1. The zero-order valence-corrected chi connectivity index (χ0v) is 10.7. The Morgan fingerprint density at radius 2 is 2.06 bits per heavy atom. The van der Waals surface area contributed by atoms with Crippen LogP contribution in [0.4, 0.5) is 5.69 Å². The Morgan fingerprint density at radius 1 is 1.47 bits per heavy atom. The molecule has 0 aromatic heterocycles. The first-order valence-corrected chi connectivity index (χ1v) is 5.89. The Labute approximate surface area is 107 Å². The van der Waals surface area contributed by atoms with Crippen LogP contribution in [0.3, 0.4) is 0 Å². The monoisotopic (exact) mass is 250 g/mol. The zero-order valence-electron chi connectivity index (χ0n) is 9.98. The van der Waals surface area contributed by atoms with Gasteiger partial charge in [0, 0.05) is 12.2 Å². The third-order valence-electron chi connectivity index (χ3n) is 2.40. The van der Waals surface area contributed by atoms with Crippen molar-refractivity contribution in [1.82, 2.24) is 0 Å². The first kappa shape index (κ1) is 13.5. The van der Waals surface area contributed by atoms with E-state index in [0.29, 0.717) is 13.0 Å². The minimum absolute atomic E-state index is 0.175. The van der Waals surface area contributed by atoms with Gasteiger partial charge in [0.25, 0.3) is 0 Å². The molecular formula is C13H15ClN2O. The maximum atomic E-state index is 11.9. The maximum Gasteiger partial charge on any atom is 0.244 e. The van der Waals surface area contributed by atoms with E-state index in [1.54, 1.807) is 11.8 Å². The molecule has 0 unspecified atom stereocenters. The summed E-state index contributed by atoms with van der Waals surface area (Å²) < 4.78 is 0. The Hall–Kier alpha value is -1.53. The van der Waals surface area contributed by atoms with Gasteiger partial charge in [0.15, 0.2) is 0 Å². The molecule has 3 nitrogen and oxygen atoms in total. The second-order valence-corrected chi connectivity index (χ2v) is 4.50. The van der Waals surface area contributed by atoms with Gasteiger partial charge in [-0.3, -0.25) is 4.79 Å². The van der Waals surface area contributed by atoms with Gasteiger partial charge >= 0.3 is 0 Å². The van der Waals surface area contributed by atoms with E-state index in [-0.39, 0.29) is 5.91 Å². The van der Waals surface area contributed by atoms with Crippen molar-refractivity contribution in [1.29, 1.82) is 5.26 Å². The molecule has 0 spiro atoms. The van der Waals surface area contributed by atoms with Crippen molar-refractivity contribution < 1.29 is 4.79 Å². The molecule has 90 valence electrons. The van der Waals surface area contributed by atoms with Crippen molar-refractivity contribution in [3.05, 3.63) is 29.8 Å². The molecule has 0 radical (unpaired) electrons. The molecule has 17 heavy (non-hydrogen) atoms. The Bertz CT molecular complexity index is 420. The summed E-state index contributed by atoms with van der Waals surface area (Å²) in [6.45, 7) is 3.99. The molecule has 1 aromatic rings. The predicted octanol–water partition coefficient (Wildman–Crippen LogP) is 2.87. The summed E-state index contributed by atoms with van der Waals surface area (Å²) in [5.41, 5.74) is 1.91. The van der Waals surface area contributed by atoms with Crippen molar-refractivity contribution in [3.63, 3.8) is 0 Å². The van der Waals surface area contributed by atoms with E-state index in [4.69, 9.17) is 16.9 Å². The average Bonchev–Trinajstić information content (AvgIpc) is 2.31. The summed E-state index contributed by atoms with van der Waals surface area (Å²) in [6.07, 6.45) is 0.295. The highest BCUT2D eigenvalue weighted by molar-refractivity contribution is 6.32. The van der Waals surface area contributed by atoms with Crippen molar-refractivity contribution >= 4 is 23.2 Å². The van der Waals surface area contributed by atoms with Gasteiger partial charge in [-0.25, -0.2) is 0 Å². The van der Waals surface area contributed by atoms with E-state index >= 15 is 0 Å². The second kappa shape index (κ2) is 6.27. The minimum Gasteiger partial charge on any atom is -0.310 e. The van der Waals surface area contributed by atoms with Gasteiger partial charge in [0.1, 0.15) is 5.38 Å². The molecule has 0 aliphatic rings. The number of amides is 1. The number of nitriles is 1. The predicted molar refractivity (Wildman–Crippen MR) is 69.1 cm³/mol. The summed E-state index contributed by atoms with van der Waals surface area (Å²) in [4.78, 5) is 13.5. The third kappa shape index (κ3) is 3.76. The number of nitrogens with zero attached hydrogens (tertiary/aromatic N) is 2. The van der Waals surface area contributed by atoms with Crippen LogP contribution in [0.1, 0.15) is 18.9 Å². The molecule has 0 heterocycles. The van der Waals surface area contributed by atoms with Crippen molar-refractivity contribution in [2.75, 3.05) is 11.4 Å². The highest BCUT2D eigenvalue weighted by Crippen LogP contribution is 2.17. The van der Waals surface area contributed by atoms with Crippen LogP contribution in [0.25, 0.3) is 0 Å². The molecule has 1 aromatic carbocycles. The number of carbonyl (C=O) groups is 1. The number of benzene rings is 1. The fourth-order valence-electron chi connectivity index (χ4n) is 1.47. The molecular weight excluding hydrogens is 236 g/mol. The van der Waals surface area contributed by atoms with E-state index in [9.17, 15) is 4.79 Å². The van der Waals surface area contributed by atoms with Crippen LogP contribution in [-0.2, 0) is 4.79 Å². The summed E-state index contributed by atoms with van der Waals surface area (Å²) in [7, 11) is 0.